The highest BCUT2D eigenvalue weighted by Crippen LogP contribution is 2.15. The first-order chi connectivity index (χ1) is 9.06. The van der Waals surface area contributed by atoms with E-state index in [9.17, 15) is 4.79 Å². The fourth-order valence-corrected chi connectivity index (χ4v) is 2.70. The number of carbonyl (C=O) groups is 1. The summed E-state index contributed by atoms with van der Waals surface area (Å²) >= 11 is 1.55. The maximum absolute atomic E-state index is 12.0. The fourth-order valence-electron chi connectivity index (χ4n) is 1.98. The van der Waals surface area contributed by atoms with E-state index in [1.54, 1.807) is 11.3 Å². The van der Waals surface area contributed by atoms with Crippen molar-refractivity contribution in [2.24, 2.45) is 0 Å². The van der Waals surface area contributed by atoms with E-state index in [-0.39, 0.29) is 24.5 Å². The van der Waals surface area contributed by atoms with Gasteiger partial charge in [-0.3, -0.25) is 9.20 Å². The Balaban J connectivity index is 1.99. The molecule has 0 aliphatic carbocycles. The number of carbonyl (C=O) groups excluding carboxylic acids is 1. The molecular formula is C13H19N3O2S. The number of aliphatic hydroxyl groups excluding tert-OH is 1. The molecule has 104 valence electrons. The van der Waals surface area contributed by atoms with Gasteiger partial charge in [-0.05, 0) is 19.8 Å². The highest BCUT2D eigenvalue weighted by atomic mass is 32.1. The number of hydrogen-bond donors (Lipinski definition) is 2. The van der Waals surface area contributed by atoms with Crippen LogP contribution in [0.5, 0.6) is 0 Å². The first-order valence-electron chi connectivity index (χ1n) is 6.39. The van der Waals surface area contributed by atoms with Gasteiger partial charge < -0.3 is 10.4 Å². The summed E-state index contributed by atoms with van der Waals surface area (Å²) in [4.78, 5) is 17.3. The van der Waals surface area contributed by atoms with E-state index in [1.807, 2.05) is 36.0 Å². The minimum absolute atomic E-state index is 0.0523. The van der Waals surface area contributed by atoms with Crippen LogP contribution in [0, 0.1) is 0 Å². The van der Waals surface area contributed by atoms with E-state index in [0.717, 1.165) is 17.1 Å². The van der Waals surface area contributed by atoms with Crippen molar-refractivity contribution < 1.29 is 9.90 Å². The van der Waals surface area contributed by atoms with Gasteiger partial charge in [0.05, 0.1) is 12.1 Å². The Morgan fingerprint density at radius 3 is 3.05 bits per heavy atom. The van der Waals surface area contributed by atoms with E-state index < -0.39 is 0 Å². The lowest BCUT2D eigenvalue weighted by molar-refractivity contribution is -0.122. The van der Waals surface area contributed by atoms with E-state index in [4.69, 9.17) is 5.11 Å². The van der Waals surface area contributed by atoms with E-state index in [1.165, 1.54) is 0 Å². The van der Waals surface area contributed by atoms with Crippen LogP contribution in [0.2, 0.25) is 0 Å². The number of imidazole rings is 1. The largest absolute Gasteiger partial charge is 0.396 e. The normalized spacial score (nSPS) is 14.5. The molecule has 2 rings (SSSR count). The number of hydrogen-bond acceptors (Lipinski definition) is 4. The zero-order chi connectivity index (χ0) is 13.9. The van der Waals surface area contributed by atoms with Crippen molar-refractivity contribution in [3.8, 4) is 0 Å². The molecule has 1 amide bonds. The molecule has 2 N–H and O–H groups in total. The predicted octanol–water partition coefficient (Wildman–Crippen LogP) is 1.61. The molecule has 0 aliphatic heterocycles. The molecule has 19 heavy (non-hydrogen) atoms. The molecule has 0 bridgehead atoms. The summed E-state index contributed by atoms with van der Waals surface area (Å²) in [5, 5.41) is 14.0. The Kier molecular flexibility index (Phi) is 4.21. The third-order valence-electron chi connectivity index (χ3n) is 3.37. The first-order valence-corrected chi connectivity index (χ1v) is 7.27. The molecule has 2 aromatic rings. The average molecular weight is 281 g/mol. The molecule has 5 nitrogen and oxygen atoms in total. The smallest absolute Gasteiger partial charge is 0.226 e. The van der Waals surface area contributed by atoms with Gasteiger partial charge in [-0.25, -0.2) is 4.98 Å². The van der Waals surface area contributed by atoms with Gasteiger partial charge in [0, 0.05) is 29.9 Å². The van der Waals surface area contributed by atoms with Gasteiger partial charge in [-0.15, -0.1) is 11.3 Å². The van der Waals surface area contributed by atoms with Crippen LogP contribution in [0.4, 0.5) is 0 Å². The highest BCUT2D eigenvalue weighted by Gasteiger charge is 2.23. The lowest BCUT2D eigenvalue weighted by Crippen LogP contribution is -2.46. The monoisotopic (exact) mass is 281 g/mol. The standard InChI is InChI=1S/C13H19N3O2S/c1-3-13(2,4-6-17)15-11(18)8-10-9-16-5-7-19-12(16)14-10/h5,7,9,17H,3-4,6,8H2,1-2H3,(H,15,18). The quantitative estimate of drug-likeness (QED) is 0.845. The summed E-state index contributed by atoms with van der Waals surface area (Å²) in [6.45, 7) is 4.03. The number of aliphatic hydroxyl groups is 1. The summed E-state index contributed by atoms with van der Waals surface area (Å²) in [6, 6.07) is 0. The maximum Gasteiger partial charge on any atom is 0.226 e. The molecule has 0 aromatic carbocycles. The summed E-state index contributed by atoms with van der Waals surface area (Å²) in [7, 11) is 0. The zero-order valence-electron chi connectivity index (χ0n) is 11.2. The van der Waals surface area contributed by atoms with Crippen LogP contribution in [-0.4, -0.2) is 32.5 Å². The van der Waals surface area contributed by atoms with Gasteiger partial charge >= 0.3 is 0 Å². The summed E-state index contributed by atoms with van der Waals surface area (Å²) in [6.07, 6.45) is 5.43. The Labute approximate surface area is 116 Å². The Hall–Kier alpha value is -1.40. The van der Waals surface area contributed by atoms with Gasteiger partial charge in [-0.1, -0.05) is 6.92 Å². The van der Waals surface area contributed by atoms with Crippen LogP contribution in [-0.2, 0) is 11.2 Å². The molecular weight excluding hydrogens is 262 g/mol. The molecule has 0 spiro atoms. The van der Waals surface area contributed by atoms with Crippen LogP contribution in [0.15, 0.2) is 17.8 Å². The van der Waals surface area contributed by atoms with Crippen LogP contribution >= 0.6 is 11.3 Å². The summed E-state index contributed by atoms with van der Waals surface area (Å²) < 4.78 is 1.92. The van der Waals surface area contributed by atoms with E-state index in [0.29, 0.717) is 6.42 Å². The molecule has 6 heteroatoms. The second-order valence-electron chi connectivity index (χ2n) is 4.94. The first kappa shape index (κ1) is 14.0. The number of amides is 1. The summed E-state index contributed by atoms with van der Waals surface area (Å²) in [5.41, 5.74) is 0.426. The lowest BCUT2D eigenvalue weighted by atomic mass is 9.94. The van der Waals surface area contributed by atoms with Gasteiger partial charge in [0.25, 0.3) is 0 Å². The SMILES string of the molecule is CCC(C)(CCO)NC(=O)Cc1cn2ccsc2n1. The number of nitrogens with one attached hydrogen (secondary N) is 1. The third kappa shape index (κ3) is 3.33. The Morgan fingerprint density at radius 2 is 2.42 bits per heavy atom. The maximum atomic E-state index is 12.0. The van der Waals surface area contributed by atoms with Crippen LogP contribution in [0.25, 0.3) is 4.96 Å². The molecule has 0 saturated carbocycles. The second-order valence-corrected chi connectivity index (χ2v) is 5.81. The van der Waals surface area contributed by atoms with Crippen LogP contribution in [0.1, 0.15) is 32.4 Å². The topological polar surface area (TPSA) is 66.6 Å². The fraction of sp³-hybridized carbons (Fsp3) is 0.538. The number of nitrogens with zero attached hydrogens (tertiary/aromatic N) is 2. The Morgan fingerprint density at radius 1 is 1.63 bits per heavy atom. The second kappa shape index (κ2) is 5.71. The molecule has 0 radical (unpaired) electrons. The molecule has 0 aliphatic rings. The highest BCUT2D eigenvalue weighted by molar-refractivity contribution is 7.15. The molecule has 1 atom stereocenters. The Bertz CT molecular complexity index is 534. The van der Waals surface area contributed by atoms with Crippen LogP contribution < -0.4 is 5.32 Å². The van der Waals surface area contributed by atoms with E-state index in [2.05, 4.69) is 10.3 Å². The third-order valence-corrected chi connectivity index (χ3v) is 4.14. The van der Waals surface area contributed by atoms with Crippen molar-refractivity contribution in [2.45, 2.75) is 38.6 Å². The van der Waals surface area contributed by atoms with E-state index >= 15 is 0 Å². The number of aromatic nitrogens is 2. The van der Waals surface area contributed by atoms with Gasteiger partial charge in [0.2, 0.25) is 5.91 Å². The van der Waals surface area contributed by atoms with Crippen molar-refractivity contribution in [3.05, 3.63) is 23.5 Å². The van der Waals surface area contributed by atoms with Crippen molar-refractivity contribution in [2.75, 3.05) is 6.61 Å². The molecule has 2 heterocycles. The van der Waals surface area contributed by atoms with Gasteiger partial charge in [0.1, 0.15) is 0 Å². The number of fused-ring (bicyclic) bond motifs is 1. The van der Waals surface area contributed by atoms with Crippen molar-refractivity contribution in [1.82, 2.24) is 14.7 Å². The predicted molar refractivity (Wildman–Crippen MR) is 75.3 cm³/mol. The van der Waals surface area contributed by atoms with Crippen molar-refractivity contribution >= 4 is 22.2 Å². The summed E-state index contributed by atoms with van der Waals surface area (Å²) in [5.74, 6) is -0.0523. The van der Waals surface area contributed by atoms with Crippen molar-refractivity contribution in [1.29, 1.82) is 0 Å². The molecule has 1 unspecified atom stereocenters. The average Bonchev–Trinajstić information content (AvgIpc) is 2.89. The minimum Gasteiger partial charge on any atom is -0.396 e. The molecule has 2 aromatic heterocycles. The van der Waals surface area contributed by atoms with Gasteiger partial charge in [0.15, 0.2) is 4.96 Å². The molecule has 0 saturated heterocycles. The van der Waals surface area contributed by atoms with Gasteiger partial charge in [-0.2, -0.15) is 0 Å². The minimum atomic E-state index is -0.344. The number of thiazole rings is 1. The van der Waals surface area contributed by atoms with Crippen molar-refractivity contribution in [3.63, 3.8) is 0 Å². The lowest BCUT2D eigenvalue weighted by Gasteiger charge is -2.28. The van der Waals surface area contributed by atoms with Crippen LogP contribution in [0.3, 0.4) is 0 Å². The zero-order valence-corrected chi connectivity index (χ0v) is 12.0. The number of rotatable bonds is 6. The molecule has 0 fully saturated rings.